The zero-order valence-electron chi connectivity index (χ0n) is 8.68. The maximum atomic E-state index is 13.5. The average molecular weight is 245 g/mol. The van der Waals surface area contributed by atoms with Gasteiger partial charge in [0.05, 0.1) is 17.2 Å². The van der Waals surface area contributed by atoms with Crippen LogP contribution in [0.4, 0.5) is 17.6 Å². The molecule has 0 spiro atoms. The van der Waals surface area contributed by atoms with Gasteiger partial charge in [0.25, 0.3) is 0 Å². The number of ketones is 1. The van der Waals surface area contributed by atoms with Crippen LogP contribution in [0.2, 0.25) is 0 Å². The van der Waals surface area contributed by atoms with Crippen molar-refractivity contribution in [2.75, 3.05) is 0 Å². The van der Waals surface area contributed by atoms with Crippen LogP contribution in [0.1, 0.15) is 22.8 Å². The average Bonchev–Trinajstić information content (AvgIpc) is 2.25. The van der Waals surface area contributed by atoms with Gasteiger partial charge in [0.15, 0.2) is 5.78 Å². The number of Topliss-reactive ketones (excluding diaryl/α,β-unsaturated/α-hetero) is 1. The first-order valence-electron chi connectivity index (χ1n) is 4.58. The van der Waals surface area contributed by atoms with Crippen molar-refractivity contribution in [3.8, 4) is 6.07 Å². The maximum absolute atomic E-state index is 13.5. The number of alkyl halides is 3. The van der Waals surface area contributed by atoms with Crippen molar-refractivity contribution in [2.45, 2.75) is 13.1 Å². The summed E-state index contributed by atoms with van der Waals surface area (Å²) in [6.45, 7) is 1.20. The molecule has 1 atom stereocenters. The minimum Gasteiger partial charge on any atom is -0.293 e. The van der Waals surface area contributed by atoms with Gasteiger partial charge in [-0.05, 0) is 19.1 Å². The van der Waals surface area contributed by atoms with Gasteiger partial charge >= 0.3 is 6.18 Å². The molecular weight excluding hydrogens is 238 g/mol. The van der Waals surface area contributed by atoms with Crippen LogP contribution in [0.3, 0.4) is 0 Å². The lowest BCUT2D eigenvalue weighted by Crippen LogP contribution is -2.16. The summed E-state index contributed by atoms with van der Waals surface area (Å²) in [4.78, 5) is 11.4. The number of benzene rings is 1. The molecule has 0 heterocycles. The third-order valence-corrected chi connectivity index (χ3v) is 2.16. The van der Waals surface area contributed by atoms with Gasteiger partial charge in [-0.15, -0.1) is 0 Å². The van der Waals surface area contributed by atoms with Crippen LogP contribution in [0, 0.1) is 23.1 Å². The van der Waals surface area contributed by atoms with E-state index in [-0.39, 0.29) is 0 Å². The van der Waals surface area contributed by atoms with E-state index in [1.165, 1.54) is 6.92 Å². The van der Waals surface area contributed by atoms with E-state index in [1.807, 2.05) is 0 Å². The van der Waals surface area contributed by atoms with E-state index in [0.717, 1.165) is 12.1 Å². The van der Waals surface area contributed by atoms with E-state index in [2.05, 4.69) is 0 Å². The second-order valence-corrected chi connectivity index (χ2v) is 3.38. The number of carbonyl (C=O) groups is 1. The normalized spacial score (nSPS) is 12.9. The molecule has 90 valence electrons. The molecule has 0 fully saturated rings. The summed E-state index contributed by atoms with van der Waals surface area (Å²) < 4.78 is 50.5. The second kappa shape index (κ2) is 4.53. The van der Waals surface area contributed by atoms with Crippen molar-refractivity contribution < 1.29 is 22.4 Å². The molecule has 0 N–H and O–H groups in total. The van der Waals surface area contributed by atoms with Gasteiger partial charge in [-0.25, -0.2) is 4.39 Å². The number of hydrogen-bond donors (Lipinski definition) is 0. The molecule has 1 aromatic carbocycles. The summed E-state index contributed by atoms with van der Waals surface area (Å²) >= 11 is 0. The summed E-state index contributed by atoms with van der Waals surface area (Å²) in [5.41, 5.74) is -2.22. The first kappa shape index (κ1) is 13.2. The molecule has 0 saturated heterocycles. The van der Waals surface area contributed by atoms with Gasteiger partial charge in [0, 0.05) is 0 Å². The predicted octanol–water partition coefficient (Wildman–Crippen LogP) is 3.19. The smallest absolute Gasteiger partial charge is 0.293 e. The van der Waals surface area contributed by atoms with Crippen LogP contribution in [0.5, 0.6) is 0 Å². The Balaban J connectivity index is 3.30. The maximum Gasteiger partial charge on any atom is 0.419 e. The summed E-state index contributed by atoms with van der Waals surface area (Å²) in [5.74, 6) is -3.78. The van der Waals surface area contributed by atoms with E-state index in [4.69, 9.17) is 5.26 Å². The van der Waals surface area contributed by atoms with Crippen molar-refractivity contribution in [1.82, 2.24) is 0 Å². The molecule has 1 rings (SSSR count). The third-order valence-electron chi connectivity index (χ3n) is 2.16. The predicted molar refractivity (Wildman–Crippen MR) is 50.5 cm³/mol. The molecule has 6 heteroatoms. The fourth-order valence-corrected chi connectivity index (χ4v) is 1.23. The van der Waals surface area contributed by atoms with Gasteiger partial charge in [-0.1, -0.05) is 6.07 Å². The van der Waals surface area contributed by atoms with Gasteiger partial charge in [-0.2, -0.15) is 18.4 Å². The number of nitrogens with zero attached hydrogens (tertiary/aromatic N) is 1. The Morgan fingerprint density at radius 2 is 2.00 bits per heavy atom. The molecule has 0 amide bonds. The Morgan fingerprint density at radius 1 is 1.41 bits per heavy atom. The molecule has 0 bridgehead atoms. The van der Waals surface area contributed by atoms with Gasteiger partial charge < -0.3 is 0 Å². The summed E-state index contributed by atoms with van der Waals surface area (Å²) in [5, 5.41) is 8.47. The van der Waals surface area contributed by atoms with Gasteiger partial charge in [-0.3, -0.25) is 4.79 Å². The minimum absolute atomic E-state index is 0.545. The Hall–Kier alpha value is -1.90. The summed E-state index contributed by atoms with van der Waals surface area (Å²) in [7, 11) is 0. The third kappa shape index (κ3) is 2.61. The van der Waals surface area contributed by atoms with Crippen LogP contribution in [-0.4, -0.2) is 5.78 Å². The fourth-order valence-electron chi connectivity index (χ4n) is 1.23. The molecule has 0 aliphatic rings. The van der Waals surface area contributed by atoms with Crippen LogP contribution >= 0.6 is 0 Å². The zero-order valence-corrected chi connectivity index (χ0v) is 8.68. The highest BCUT2D eigenvalue weighted by atomic mass is 19.4. The van der Waals surface area contributed by atoms with Crippen molar-refractivity contribution in [1.29, 1.82) is 5.26 Å². The molecule has 2 nitrogen and oxygen atoms in total. The lowest BCUT2D eigenvalue weighted by molar-refractivity contribution is -0.140. The zero-order chi connectivity index (χ0) is 13.2. The van der Waals surface area contributed by atoms with Crippen LogP contribution in [0.25, 0.3) is 0 Å². The molecule has 0 aliphatic carbocycles. The standard InChI is InChI=1S/C11H7F4NO/c1-6(5-16)10(17)7-3-2-4-8(9(7)12)11(13,14)15/h2-4,6H,1H3. The first-order chi connectivity index (χ1) is 7.79. The molecule has 0 aromatic heterocycles. The van der Waals surface area contributed by atoms with Crippen LogP contribution in [-0.2, 0) is 6.18 Å². The SMILES string of the molecule is CC(C#N)C(=O)c1cccc(C(F)(F)F)c1F. The topological polar surface area (TPSA) is 40.9 Å². The highest BCUT2D eigenvalue weighted by Crippen LogP contribution is 2.32. The Labute approximate surface area is 94.5 Å². The summed E-state index contributed by atoms with van der Waals surface area (Å²) in [6.07, 6.45) is -4.86. The van der Waals surface area contributed by atoms with Crippen molar-refractivity contribution >= 4 is 5.78 Å². The van der Waals surface area contributed by atoms with Crippen LogP contribution < -0.4 is 0 Å². The fraction of sp³-hybridized carbons (Fsp3) is 0.273. The Morgan fingerprint density at radius 3 is 2.47 bits per heavy atom. The van der Waals surface area contributed by atoms with Crippen molar-refractivity contribution in [3.63, 3.8) is 0 Å². The van der Waals surface area contributed by atoms with Crippen LogP contribution in [0.15, 0.2) is 18.2 Å². The van der Waals surface area contributed by atoms with E-state index >= 15 is 0 Å². The first-order valence-corrected chi connectivity index (χ1v) is 4.58. The number of rotatable bonds is 2. The number of carbonyl (C=O) groups excluding carboxylic acids is 1. The molecule has 0 radical (unpaired) electrons. The number of nitriles is 1. The van der Waals surface area contributed by atoms with Gasteiger partial charge in [0.1, 0.15) is 11.7 Å². The molecule has 0 aliphatic heterocycles. The monoisotopic (exact) mass is 245 g/mol. The number of hydrogen-bond acceptors (Lipinski definition) is 2. The second-order valence-electron chi connectivity index (χ2n) is 3.38. The lowest BCUT2D eigenvalue weighted by atomic mass is 9.98. The summed E-state index contributed by atoms with van der Waals surface area (Å²) in [6, 6.07) is 3.96. The Kier molecular flexibility index (Phi) is 3.51. The van der Waals surface area contributed by atoms with Gasteiger partial charge in [0.2, 0.25) is 0 Å². The van der Waals surface area contributed by atoms with E-state index < -0.39 is 34.8 Å². The Bertz CT molecular complexity index is 487. The highest BCUT2D eigenvalue weighted by molar-refractivity contribution is 5.99. The quantitative estimate of drug-likeness (QED) is 0.593. The largest absolute Gasteiger partial charge is 0.419 e. The van der Waals surface area contributed by atoms with E-state index in [9.17, 15) is 22.4 Å². The lowest BCUT2D eigenvalue weighted by Gasteiger charge is -2.10. The number of halogens is 4. The van der Waals surface area contributed by atoms with E-state index in [0.29, 0.717) is 6.07 Å². The highest BCUT2D eigenvalue weighted by Gasteiger charge is 2.36. The minimum atomic E-state index is -4.86. The molecule has 1 aromatic rings. The molecule has 17 heavy (non-hydrogen) atoms. The van der Waals surface area contributed by atoms with Crippen molar-refractivity contribution in [3.05, 3.63) is 35.1 Å². The van der Waals surface area contributed by atoms with Crippen molar-refractivity contribution in [2.24, 2.45) is 5.92 Å². The molecule has 0 saturated carbocycles. The molecule has 1 unspecified atom stereocenters. The van der Waals surface area contributed by atoms with E-state index in [1.54, 1.807) is 6.07 Å². The molecular formula is C11H7F4NO.